The minimum absolute atomic E-state index is 0.292. The highest BCUT2D eigenvalue weighted by molar-refractivity contribution is 14.1. The fourth-order valence-corrected chi connectivity index (χ4v) is 2.91. The maximum atomic E-state index is 5.96. The molecule has 3 heteroatoms. The van der Waals surface area contributed by atoms with Crippen LogP contribution >= 0.6 is 23.0 Å². The van der Waals surface area contributed by atoms with Crippen LogP contribution in [0.1, 0.15) is 31.2 Å². The molecule has 0 saturated heterocycles. The summed E-state index contributed by atoms with van der Waals surface area (Å²) in [5.74, 6) is 0. The van der Waals surface area contributed by atoms with E-state index in [4.69, 9.17) is 7.80 Å². The maximum absolute atomic E-state index is 5.96. The molecule has 1 aliphatic carbocycles. The van der Waals surface area contributed by atoms with Gasteiger partial charge < -0.3 is 7.80 Å². The van der Waals surface area contributed by atoms with Crippen molar-refractivity contribution in [1.82, 2.24) is 0 Å². The zero-order valence-electron chi connectivity index (χ0n) is 9.98. The Hall–Kier alpha value is -0.130. The SMILES string of the molecule is IO[C@H]1CCCC[C@H]1OCCc1ccccc1. The Balaban J connectivity index is 1.74. The summed E-state index contributed by atoms with van der Waals surface area (Å²) in [6.07, 6.45) is 6.40. The number of rotatable bonds is 5. The van der Waals surface area contributed by atoms with Gasteiger partial charge in [-0.3, -0.25) is 0 Å². The van der Waals surface area contributed by atoms with Gasteiger partial charge in [-0.2, -0.15) is 0 Å². The monoisotopic (exact) mass is 346 g/mol. The Bertz CT molecular complexity index is 315. The first-order valence-electron chi connectivity index (χ1n) is 6.33. The van der Waals surface area contributed by atoms with Crippen LogP contribution in [-0.4, -0.2) is 18.8 Å². The molecule has 1 aromatic rings. The second-order valence-corrected chi connectivity index (χ2v) is 5.07. The third-order valence-corrected chi connectivity index (χ3v) is 3.98. The Kier molecular flexibility index (Phi) is 5.74. The van der Waals surface area contributed by atoms with E-state index in [1.807, 2.05) is 29.1 Å². The summed E-state index contributed by atoms with van der Waals surface area (Å²) >= 11 is 2.01. The van der Waals surface area contributed by atoms with E-state index in [9.17, 15) is 0 Å². The summed E-state index contributed by atoms with van der Waals surface area (Å²) in [6, 6.07) is 10.5. The van der Waals surface area contributed by atoms with Crippen molar-refractivity contribution < 1.29 is 7.80 Å². The van der Waals surface area contributed by atoms with Gasteiger partial charge in [0.2, 0.25) is 0 Å². The van der Waals surface area contributed by atoms with Crippen molar-refractivity contribution in [2.45, 2.75) is 44.3 Å². The van der Waals surface area contributed by atoms with Crippen molar-refractivity contribution >= 4 is 23.0 Å². The summed E-state index contributed by atoms with van der Waals surface area (Å²) in [7, 11) is 0. The van der Waals surface area contributed by atoms with Crippen molar-refractivity contribution in [1.29, 1.82) is 0 Å². The van der Waals surface area contributed by atoms with Crippen molar-refractivity contribution in [3.05, 3.63) is 35.9 Å². The molecule has 2 atom stereocenters. The van der Waals surface area contributed by atoms with Gasteiger partial charge in [0, 0.05) is 0 Å². The average molecular weight is 346 g/mol. The molecule has 2 rings (SSSR count). The van der Waals surface area contributed by atoms with Gasteiger partial charge in [0.05, 0.1) is 18.8 Å². The largest absolute Gasteiger partial charge is 0.375 e. The number of hydrogen-bond donors (Lipinski definition) is 0. The molecular weight excluding hydrogens is 327 g/mol. The molecule has 0 heterocycles. The van der Waals surface area contributed by atoms with E-state index in [-0.39, 0.29) is 0 Å². The minimum Gasteiger partial charge on any atom is -0.375 e. The predicted molar refractivity (Wildman–Crippen MR) is 77.2 cm³/mol. The Morgan fingerprint density at radius 1 is 1.06 bits per heavy atom. The molecule has 94 valence electrons. The lowest BCUT2D eigenvalue weighted by molar-refractivity contribution is -0.0317. The zero-order valence-corrected chi connectivity index (χ0v) is 12.1. The van der Waals surface area contributed by atoms with E-state index in [0.717, 1.165) is 25.9 Å². The van der Waals surface area contributed by atoms with Crippen LogP contribution in [0.2, 0.25) is 0 Å². The molecule has 0 bridgehead atoms. The summed E-state index contributed by atoms with van der Waals surface area (Å²) in [5.41, 5.74) is 1.34. The van der Waals surface area contributed by atoms with Gasteiger partial charge in [-0.15, -0.1) is 0 Å². The van der Waals surface area contributed by atoms with E-state index in [1.165, 1.54) is 18.4 Å². The van der Waals surface area contributed by atoms with Crippen LogP contribution in [0.25, 0.3) is 0 Å². The highest BCUT2D eigenvalue weighted by atomic mass is 127. The van der Waals surface area contributed by atoms with Crippen molar-refractivity contribution in [3.63, 3.8) is 0 Å². The van der Waals surface area contributed by atoms with E-state index in [1.54, 1.807) is 0 Å². The number of halogens is 1. The normalized spacial score (nSPS) is 24.8. The number of ether oxygens (including phenoxy) is 1. The van der Waals surface area contributed by atoms with Gasteiger partial charge in [-0.1, -0.05) is 43.2 Å². The molecule has 0 radical (unpaired) electrons. The summed E-state index contributed by atoms with van der Waals surface area (Å²) < 4.78 is 11.4. The lowest BCUT2D eigenvalue weighted by atomic mass is 9.95. The Morgan fingerprint density at radius 3 is 2.47 bits per heavy atom. The van der Waals surface area contributed by atoms with Crippen LogP contribution in [-0.2, 0) is 14.2 Å². The average Bonchev–Trinajstić information content (AvgIpc) is 2.40. The third kappa shape index (κ3) is 4.23. The molecule has 2 nitrogen and oxygen atoms in total. The molecule has 0 spiro atoms. The Morgan fingerprint density at radius 2 is 1.76 bits per heavy atom. The van der Waals surface area contributed by atoms with Crippen molar-refractivity contribution in [2.75, 3.05) is 6.61 Å². The third-order valence-electron chi connectivity index (χ3n) is 3.32. The lowest BCUT2D eigenvalue weighted by Crippen LogP contribution is -2.33. The first kappa shape index (κ1) is 13.3. The fraction of sp³-hybridized carbons (Fsp3) is 0.571. The molecule has 1 aliphatic rings. The van der Waals surface area contributed by atoms with Gasteiger partial charge >= 0.3 is 0 Å². The highest BCUT2D eigenvalue weighted by Gasteiger charge is 2.25. The van der Waals surface area contributed by atoms with Crippen LogP contribution in [0, 0.1) is 0 Å². The van der Waals surface area contributed by atoms with Gasteiger partial charge in [0.25, 0.3) is 0 Å². The minimum atomic E-state index is 0.292. The highest BCUT2D eigenvalue weighted by Crippen LogP contribution is 2.25. The van der Waals surface area contributed by atoms with Crippen LogP contribution in [0.5, 0.6) is 0 Å². The maximum Gasteiger partial charge on any atom is 0.110 e. The fourth-order valence-electron chi connectivity index (χ4n) is 2.33. The molecule has 0 N–H and O–H groups in total. The second-order valence-electron chi connectivity index (χ2n) is 4.56. The van der Waals surface area contributed by atoms with Crippen LogP contribution < -0.4 is 0 Å². The molecule has 17 heavy (non-hydrogen) atoms. The topological polar surface area (TPSA) is 18.5 Å². The molecule has 1 aromatic carbocycles. The summed E-state index contributed by atoms with van der Waals surface area (Å²) in [5, 5.41) is 0. The van der Waals surface area contributed by atoms with Crippen LogP contribution in [0.15, 0.2) is 30.3 Å². The van der Waals surface area contributed by atoms with Gasteiger partial charge in [0.1, 0.15) is 23.0 Å². The quantitative estimate of drug-likeness (QED) is 0.753. The van der Waals surface area contributed by atoms with E-state index in [2.05, 4.69) is 24.3 Å². The molecule has 1 saturated carbocycles. The molecule has 0 aromatic heterocycles. The standard InChI is InChI=1S/C14H19IO2/c15-17-14-9-5-4-8-13(14)16-11-10-12-6-2-1-3-7-12/h1-3,6-7,13-14H,4-5,8-11H2/t13-,14+/m1/s1. The molecule has 0 unspecified atom stereocenters. The summed E-state index contributed by atoms with van der Waals surface area (Å²) in [6.45, 7) is 0.797. The smallest absolute Gasteiger partial charge is 0.110 e. The number of benzene rings is 1. The van der Waals surface area contributed by atoms with Gasteiger partial charge in [-0.25, -0.2) is 0 Å². The van der Waals surface area contributed by atoms with E-state index < -0.39 is 0 Å². The van der Waals surface area contributed by atoms with E-state index >= 15 is 0 Å². The lowest BCUT2D eigenvalue weighted by Gasteiger charge is -2.29. The molecule has 0 amide bonds. The van der Waals surface area contributed by atoms with Gasteiger partial charge in [0.15, 0.2) is 0 Å². The molecular formula is C14H19IO2. The zero-order chi connectivity index (χ0) is 11.9. The van der Waals surface area contributed by atoms with Crippen LogP contribution in [0.3, 0.4) is 0 Å². The molecule has 0 aliphatic heterocycles. The van der Waals surface area contributed by atoms with E-state index in [0.29, 0.717) is 12.2 Å². The Labute approximate surface area is 117 Å². The van der Waals surface area contributed by atoms with Crippen molar-refractivity contribution in [2.24, 2.45) is 0 Å². The second kappa shape index (κ2) is 7.34. The van der Waals surface area contributed by atoms with Crippen molar-refractivity contribution in [3.8, 4) is 0 Å². The predicted octanol–water partition coefficient (Wildman–Crippen LogP) is 3.92. The molecule has 1 fully saturated rings. The number of hydrogen-bond acceptors (Lipinski definition) is 2. The van der Waals surface area contributed by atoms with Gasteiger partial charge in [-0.05, 0) is 24.8 Å². The summed E-state index contributed by atoms with van der Waals surface area (Å²) in [4.78, 5) is 0. The van der Waals surface area contributed by atoms with Crippen LogP contribution in [0.4, 0.5) is 0 Å². The first-order chi connectivity index (χ1) is 8.40. The first-order valence-corrected chi connectivity index (χ1v) is 7.21.